The maximum atomic E-state index is 11.9. The molecule has 0 radical (unpaired) electrons. The summed E-state index contributed by atoms with van der Waals surface area (Å²) in [5.41, 5.74) is -0.321. The molecule has 1 atom stereocenters. The average molecular weight is 276 g/mol. The number of rotatable bonds is 6. The third-order valence-electron chi connectivity index (χ3n) is 1.99. The second-order valence-electron chi connectivity index (χ2n) is 3.57. The molecule has 0 saturated heterocycles. The van der Waals surface area contributed by atoms with Crippen LogP contribution in [0.4, 0.5) is 0 Å². The standard InChI is InChI=1S/C10H16N2O3S2/c1-3-16-7-8(2)12-17(14,15)9-4-5-10(13)11-6-9/h4-6,8,12H,3,7H2,1-2H3,(H,11,13). The third-order valence-corrected chi connectivity index (χ3v) is 4.73. The van der Waals surface area contributed by atoms with Crippen molar-refractivity contribution >= 4 is 21.8 Å². The summed E-state index contributed by atoms with van der Waals surface area (Å²) in [6.45, 7) is 3.83. The summed E-state index contributed by atoms with van der Waals surface area (Å²) in [5, 5.41) is 0. The fourth-order valence-corrected chi connectivity index (χ4v) is 3.21. The first-order valence-corrected chi connectivity index (χ1v) is 7.88. The van der Waals surface area contributed by atoms with Crippen LogP contribution >= 0.6 is 11.8 Å². The van der Waals surface area contributed by atoms with Gasteiger partial charge in [-0.3, -0.25) is 4.79 Å². The molecule has 0 aliphatic carbocycles. The van der Waals surface area contributed by atoms with E-state index >= 15 is 0 Å². The zero-order chi connectivity index (χ0) is 12.9. The number of sulfonamides is 1. The number of nitrogens with one attached hydrogen (secondary N) is 2. The molecule has 17 heavy (non-hydrogen) atoms. The molecule has 0 fully saturated rings. The van der Waals surface area contributed by atoms with Crippen LogP contribution in [0.25, 0.3) is 0 Å². The summed E-state index contributed by atoms with van der Waals surface area (Å²) in [5.74, 6) is 1.67. The van der Waals surface area contributed by atoms with Gasteiger partial charge in [-0.15, -0.1) is 0 Å². The lowest BCUT2D eigenvalue weighted by Gasteiger charge is -2.13. The Balaban J connectivity index is 2.75. The lowest BCUT2D eigenvalue weighted by atomic mass is 10.4. The number of H-pyrrole nitrogens is 1. The van der Waals surface area contributed by atoms with Crippen LogP contribution in [-0.4, -0.2) is 30.9 Å². The first-order chi connectivity index (χ1) is 7.95. The molecule has 1 aromatic heterocycles. The first kappa shape index (κ1) is 14.3. The molecular weight excluding hydrogens is 260 g/mol. The van der Waals surface area contributed by atoms with Gasteiger partial charge in [-0.05, 0) is 18.7 Å². The summed E-state index contributed by atoms with van der Waals surface area (Å²) in [7, 11) is -3.54. The molecular formula is C10H16N2O3S2. The van der Waals surface area contributed by atoms with Gasteiger partial charge in [0.15, 0.2) is 0 Å². The van der Waals surface area contributed by atoms with Gasteiger partial charge in [-0.2, -0.15) is 11.8 Å². The molecule has 1 heterocycles. The molecule has 0 aliphatic heterocycles. The smallest absolute Gasteiger partial charge is 0.247 e. The zero-order valence-corrected chi connectivity index (χ0v) is 11.4. The van der Waals surface area contributed by atoms with E-state index in [2.05, 4.69) is 9.71 Å². The van der Waals surface area contributed by atoms with Gasteiger partial charge >= 0.3 is 0 Å². The molecule has 0 saturated carbocycles. The lowest BCUT2D eigenvalue weighted by Crippen LogP contribution is -2.34. The highest BCUT2D eigenvalue weighted by molar-refractivity contribution is 7.99. The summed E-state index contributed by atoms with van der Waals surface area (Å²) < 4.78 is 26.3. The highest BCUT2D eigenvalue weighted by Crippen LogP contribution is 2.08. The second kappa shape index (κ2) is 6.23. The number of aromatic amines is 1. The Bertz CT molecular complexity index is 490. The van der Waals surface area contributed by atoms with Gasteiger partial charge in [-0.25, -0.2) is 13.1 Å². The van der Waals surface area contributed by atoms with Crippen molar-refractivity contribution in [3.8, 4) is 0 Å². The monoisotopic (exact) mass is 276 g/mol. The van der Waals surface area contributed by atoms with E-state index in [4.69, 9.17) is 0 Å². The summed E-state index contributed by atoms with van der Waals surface area (Å²) in [6, 6.07) is 2.35. The van der Waals surface area contributed by atoms with Crippen molar-refractivity contribution in [1.82, 2.24) is 9.71 Å². The maximum absolute atomic E-state index is 11.9. The molecule has 1 rings (SSSR count). The topological polar surface area (TPSA) is 79.0 Å². The molecule has 5 nitrogen and oxygen atoms in total. The zero-order valence-electron chi connectivity index (χ0n) is 9.76. The number of hydrogen-bond acceptors (Lipinski definition) is 4. The van der Waals surface area contributed by atoms with Crippen LogP contribution in [0.5, 0.6) is 0 Å². The highest BCUT2D eigenvalue weighted by atomic mass is 32.2. The van der Waals surface area contributed by atoms with Crippen LogP contribution in [0.1, 0.15) is 13.8 Å². The van der Waals surface area contributed by atoms with Crippen molar-refractivity contribution in [2.45, 2.75) is 24.8 Å². The van der Waals surface area contributed by atoms with Crippen molar-refractivity contribution in [1.29, 1.82) is 0 Å². The Morgan fingerprint density at radius 3 is 2.71 bits per heavy atom. The molecule has 0 spiro atoms. The Morgan fingerprint density at radius 2 is 2.18 bits per heavy atom. The SMILES string of the molecule is CCSCC(C)NS(=O)(=O)c1ccc(=O)[nH]c1. The Labute approximate surface area is 105 Å². The minimum absolute atomic E-state index is 0.0745. The molecule has 1 unspecified atom stereocenters. The maximum Gasteiger partial charge on any atom is 0.247 e. The Hall–Kier alpha value is -0.790. The molecule has 2 N–H and O–H groups in total. The fourth-order valence-electron chi connectivity index (χ4n) is 1.23. The van der Waals surface area contributed by atoms with Crippen LogP contribution < -0.4 is 10.3 Å². The average Bonchev–Trinajstić information content (AvgIpc) is 2.26. The highest BCUT2D eigenvalue weighted by Gasteiger charge is 2.16. The molecule has 1 aromatic rings. The van der Waals surface area contributed by atoms with Crippen molar-refractivity contribution in [2.75, 3.05) is 11.5 Å². The van der Waals surface area contributed by atoms with Crippen molar-refractivity contribution in [2.24, 2.45) is 0 Å². The summed E-state index contributed by atoms with van der Waals surface area (Å²) >= 11 is 1.67. The minimum Gasteiger partial charge on any atom is -0.328 e. The van der Waals surface area contributed by atoms with Crippen LogP contribution in [0.3, 0.4) is 0 Å². The van der Waals surface area contributed by atoms with E-state index in [1.165, 1.54) is 18.3 Å². The van der Waals surface area contributed by atoms with Gasteiger partial charge in [0.05, 0.1) is 4.90 Å². The molecule has 0 aliphatic rings. The van der Waals surface area contributed by atoms with Gasteiger partial charge in [-0.1, -0.05) is 6.92 Å². The Morgan fingerprint density at radius 1 is 1.47 bits per heavy atom. The van der Waals surface area contributed by atoms with Crippen LogP contribution in [0, 0.1) is 0 Å². The van der Waals surface area contributed by atoms with E-state index in [9.17, 15) is 13.2 Å². The van der Waals surface area contributed by atoms with Gasteiger partial charge < -0.3 is 4.98 Å². The largest absolute Gasteiger partial charge is 0.328 e. The molecule has 0 aromatic carbocycles. The van der Waals surface area contributed by atoms with Crippen molar-refractivity contribution in [3.63, 3.8) is 0 Å². The third kappa shape index (κ3) is 4.53. The van der Waals surface area contributed by atoms with E-state index in [0.717, 1.165) is 11.5 Å². The lowest BCUT2D eigenvalue weighted by molar-refractivity contribution is 0.570. The molecule has 96 valence electrons. The predicted molar refractivity (Wildman–Crippen MR) is 69.8 cm³/mol. The number of pyridine rings is 1. The van der Waals surface area contributed by atoms with Gasteiger partial charge in [0.1, 0.15) is 0 Å². The number of thioether (sulfide) groups is 1. The summed E-state index contributed by atoms with van der Waals surface area (Å²) in [4.78, 5) is 13.3. The van der Waals surface area contributed by atoms with E-state index in [1.807, 2.05) is 13.8 Å². The predicted octanol–water partition coefficient (Wildman–Crippen LogP) is 0.795. The van der Waals surface area contributed by atoms with E-state index < -0.39 is 10.0 Å². The minimum atomic E-state index is -3.54. The van der Waals surface area contributed by atoms with E-state index in [-0.39, 0.29) is 16.5 Å². The quantitative estimate of drug-likeness (QED) is 0.805. The fraction of sp³-hybridized carbons (Fsp3) is 0.500. The normalized spacial score (nSPS) is 13.5. The molecule has 0 bridgehead atoms. The first-order valence-electron chi connectivity index (χ1n) is 5.24. The number of aromatic nitrogens is 1. The van der Waals surface area contributed by atoms with Gasteiger partial charge in [0.2, 0.25) is 15.6 Å². The molecule has 7 heteroatoms. The second-order valence-corrected chi connectivity index (χ2v) is 6.60. The number of hydrogen-bond donors (Lipinski definition) is 2. The van der Waals surface area contributed by atoms with E-state index in [1.54, 1.807) is 11.8 Å². The van der Waals surface area contributed by atoms with Crippen molar-refractivity contribution < 1.29 is 8.42 Å². The summed E-state index contributed by atoms with van der Waals surface area (Å²) in [6.07, 6.45) is 1.20. The van der Waals surface area contributed by atoms with Crippen LogP contribution in [-0.2, 0) is 10.0 Å². The Kier molecular flexibility index (Phi) is 5.23. The molecule has 0 amide bonds. The van der Waals surface area contributed by atoms with Crippen molar-refractivity contribution in [3.05, 3.63) is 28.7 Å². The van der Waals surface area contributed by atoms with Gasteiger partial charge in [0, 0.05) is 24.1 Å². The van der Waals surface area contributed by atoms with E-state index in [0.29, 0.717) is 0 Å². The van der Waals surface area contributed by atoms with Crippen LogP contribution in [0.2, 0.25) is 0 Å². The van der Waals surface area contributed by atoms with Gasteiger partial charge in [0.25, 0.3) is 0 Å². The van der Waals surface area contributed by atoms with Crippen LogP contribution in [0.15, 0.2) is 28.0 Å².